The van der Waals surface area contributed by atoms with Gasteiger partial charge in [-0.1, -0.05) is 0 Å². The van der Waals surface area contributed by atoms with E-state index in [1.807, 2.05) is 0 Å². The molecule has 0 aliphatic rings. The number of carbonyl (C=O) groups excluding carboxylic acids is 1. The molecule has 76 valence electrons. The number of hydrogen-bond acceptors (Lipinski definition) is 5. The van der Waals surface area contributed by atoms with Crippen molar-refractivity contribution in [1.29, 1.82) is 0 Å². The van der Waals surface area contributed by atoms with Crippen molar-refractivity contribution in [2.75, 3.05) is 0 Å². The highest BCUT2D eigenvalue weighted by atomic mass is 16.6. The van der Waals surface area contributed by atoms with Crippen LogP contribution in [-0.2, 0) is 4.74 Å². The Bertz CT molecular complexity index is 351. The molecule has 1 aromatic heterocycles. The SMILES string of the molecule is CC(C)(C)OC(=O)n1cc(N=O)cn1. The Morgan fingerprint density at radius 1 is 1.57 bits per heavy atom. The maximum absolute atomic E-state index is 11.3. The maximum atomic E-state index is 11.3. The molecule has 0 N–H and O–H groups in total. The Labute approximate surface area is 80.8 Å². The van der Waals surface area contributed by atoms with Crippen LogP contribution in [0, 0.1) is 4.91 Å². The van der Waals surface area contributed by atoms with Crippen LogP contribution in [0.4, 0.5) is 10.5 Å². The molecule has 6 nitrogen and oxygen atoms in total. The van der Waals surface area contributed by atoms with Crippen molar-refractivity contribution in [3.63, 3.8) is 0 Å². The summed E-state index contributed by atoms with van der Waals surface area (Å²) >= 11 is 0. The van der Waals surface area contributed by atoms with Crippen LogP contribution in [-0.4, -0.2) is 21.5 Å². The van der Waals surface area contributed by atoms with E-state index in [2.05, 4.69) is 10.3 Å². The summed E-state index contributed by atoms with van der Waals surface area (Å²) in [5.41, 5.74) is -0.492. The highest BCUT2D eigenvalue weighted by Crippen LogP contribution is 2.12. The summed E-state index contributed by atoms with van der Waals surface area (Å²) in [6, 6.07) is 0. The molecule has 0 atom stereocenters. The second kappa shape index (κ2) is 3.57. The van der Waals surface area contributed by atoms with Gasteiger partial charge in [0, 0.05) is 0 Å². The van der Waals surface area contributed by atoms with Gasteiger partial charge in [0.25, 0.3) is 0 Å². The van der Waals surface area contributed by atoms with Crippen molar-refractivity contribution in [2.24, 2.45) is 5.18 Å². The molecule has 14 heavy (non-hydrogen) atoms. The van der Waals surface area contributed by atoms with Gasteiger partial charge in [-0.05, 0) is 25.9 Å². The van der Waals surface area contributed by atoms with Crippen molar-refractivity contribution < 1.29 is 9.53 Å². The fourth-order valence-electron chi connectivity index (χ4n) is 0.769. The van der Waals surface area contributed by atoms with E-state index in [0.29, 0.717) is 0 Å². The van der Waals surface area contributed by atoms with Gasteiger partial charge in [-0.25, -0.2) is 4.79 Å². The topological polar surface area (TPSA) is 73.6 Å². The Hall–Kier alpha value is -1.72. The van der Waals surface area contributed by atoms with Crippen LogP contribution < -0.4 is 0 Å². The molecular formula is C8H11N3O3. The van der Waals surface area contributed by atoms with Gasteiger partial charge in [-0.15, -0.1) is 4.91 Å². The first-order chi connectivity index (χ1) is 6.42. The predicted octanol–water partition coefficient (Wildman–Crippen LogP) is 2.06. The van der Waals surface area contributed by atoms with E-state index in [-0.39, 0.29) is 5.69 Å². The number of aromatic nitrogens is 2. The normalized spacial score (nSPS) is 11.1. The van der Waals surface area contributed by atoms with Crippen LogP contribution in [0.15, 0.2) is 17.6 Å². The molecule has 1 aromatic rings. The van der Waals surface area contributed by atoms with Crippen molar-refractivity contribution >= 4 is 11.8 Å². The summed E-state index contributed by atoms with van der Waals surface area (Å²) in [4.78, 5) is 21.4. The van der Waals surface area contributed by atoms with E-state index in [0.717, 1.165) is 4.68 Å². The van der Waals surface area contributed by atoms with E-state index >= 15 is 0 Å². The first kappa shape index (κ1) is 10.4. The number of ether oxygens (including phenoxy) is 1. The van der Waals surface area contributed by atoms with Gasteiger partial charge in [-0.3, -0.25) is 0 Å². The Balaban J connectivity index is 2.75. The lowest BCUT2D eigenvalue weighted by Gasteiger charge is -2.18. The van der Waals surface area contributed by atoms with Gasteiger partial charge in [0.2, 0.25) is 0 Å². The molecule has 0 amide bonds. The maximum Gasteiger partial charge on any atom is 0.435 e. The molecule has 6 heteroatoms. The lowest BCUT2D eigenvalue weighted by molar-refractivity contribution is 0.0514. The first-order valence-electron chi connectivity index (χ1n) is 4.04. The molecule has 0 radical (unpaired) electrons. The van der Waals surface area contributed by atoms with Crippen LogP contribution in [0.25, 0.3) is 0 Å². The van der Waals surface area contributed by atoms with Crippen molar-refractivity contribution in [3.05, 3.63) is 17.3 Å². The summed E-state index contributed by atoms with van der Waals surface area (Å²) in [5.74, 6) is 0. The largest absolute Gasteiger partial charge is 0.442 e. The molecule has 0 aliphatic heterocycles. The van der Waals surface area contributed by atoms with Crippen LogP contribution in [0.1, 0.15) is 20.8 Å². The molecule has 0 fully saturated rings. The number of carbonyl (C=O) groups is 1. The summed E-state index contributed by atoms with van der Waals surface area (Å²) in [7, 11) is 0. The molecule has 0 saturated heterocycles. The number of hydrogen-bond donors (Lipinski definition) is 0. The van der Waals surface area contributed by atoms with Crippen LogP contribution in [0.5, 0.6) is 0 Å². The zero-order valence-corrected chi connectivity index (χ0v) is 8.22. The zero-order chi connectivity index (χ0) is 10.8. The predicted molar refractivity (Wildman–Crippen MR) is 49.3 cm³/mol. The average molecular weight is 197 g/mol. The zero-order valence-electron chi connectivity index (χ0n) is 8.22. The number of nitroso groups, excluding NO2 is 1. The molecule has 1 heterocycles. The number of rotatable bonds is 1. The van der Waals surface area contributed by atoms with E-state index in [9.17, 15) is 9.70 Å². The van der Waals surface area contributed by atoms with Crippen molar-refractivity contribution in [2.45, 2.75) is 26.4 Å². The standard InChI is InChI=1S/C8H11N3O3/c1-8(2,3)14-7(12)11-5-6(10-13)4-9-11/h4-5H,1-3H3. The van der Waals surface area contributed by atoms with Crippen LogP contribution >= 0.6 is 0 Å². The summed E-state index contributed by atoms with van der Waals surface area (Å²) in [6.07, 6.45) is 1.77. The lowest BCUT2D eigenvalue weighted by Crippen LogP contribution is -2.27. The fourth-order valence-corrected chi connectivity index (χ4v) is 0.769. The van der Waals surface area contributed by atoms with Crippen molar-refractivity contribution in [3.8, 4) is 0 Å². The van der Waals surface area contributed by atoms with Crippen LogP contribution in [0.3, 0.4) is 0 Å². The molecule has 0 saturated carbocycles. The minimum Gasteiger partial charge on any atom is -0.442 e. The minimum absolute atomic E-state index is 0.0934. The van der Waals surface area contributed by atoms with Gasteiger partial charge in [0.1, 0.15) is 11.3 Å². The van der Waals surface area contributed by atoms with Gasteiger partial charge in [-0.2, -0.15) is 9.78 Å². The second-order valence-electron chi connectivity index (χ2n) is 3.71. The summed E-state index contributed by atoms with van der Waals surface area (Å²) < 4.78 is 5.93. The molecular weight excluding hydrogens is 186 g/mol. The Morgan fingerprint density at radius 2 is 2.21 bits per heavy atom. The quantitative estimate of drug-likeness (QED) is 0.646. The third-order valence-electron chi connectivity index (χ3n) is 1.25. The molecule has 0 aliphatic carbocycles. The molecule has 0 aromatic carbocycles. The second-order valence-corrected chi connectivity index (χ2v) is 3.71. The first-order valence-corrected chi connectivity index (χ1v) is 4.04. The van der Waals surface area contributed by atoms with Gasteiger partial charge in [0.15, 0.2) is 0 Å². The molecule has 0 spiro atoms. The van der Waals surface area contributed by atoms with E-state index < -0.39 is 11.7 Å². The van der Waals surface area contributed by atoms with E-state index in [1.165, 1.54) is 12.4 Å². The number of nitrogens with zero attached hydrogens (tertiary/aromatic N) is 3. The third kappa shape index (κ3) is 2.65. The minimum atomic E-state index is -0.632. The van der Waals surface area contributed by atoms with E-state index in [4.69, 9.17) is 4.74 Å². The fraction of sp³-hybridized carbons (Fsp3) is 0.500. The Kier molecular flexibility index (Phi) is 2.64. The average Bonchev–Trinajstić information content (AvgIpc) is 2.48. The monoisotopic (exact) mass is 197 g/mol. The summed E-state index contributed by atoms with van der Waals surface area (Å²) in [6.45, 7) is 5.23. The van der Waals surface area contributed by atoms with Crippen molar-refractivity contribution in [1.82, 2.24) is 9.78 Å². The summed E-state index contributed by atoms with van der Waals surface area (Å²) in [5, 5.41) is 6.25. The van der Waals surface area contributed by atoms with Gasteiger partial charge >= 0.3 is 6.09 Å². The van der Waals surface area contributed by atoms with Gasteiger partial charge in [0.05, 0.1) is 12.4 Å². The van der Waals surface area contributed by atoms with E-state index in [1.54, 1.807) is 20.8 Å². The highest BCUT2D eigenvalue weighted by Gasteiger charge is 2.18. The smallest absolute Gasteiger partial charge is 0.435 e. The molecule has 1 rings (SSSR count). The molecule has 0 bridgehead atoms. The van der Waals surface area contributed by atoms with Crippen LogP contribution in [0.2, 0.25) is 0 Å². The molecule has 0 unspecified atom stereocenters. The lowest BCUT2D eigenvalue weighted by atomic mass is 10.2. The Morgan fingerprint density at radius 3 is 2.64 bits per heavy atom. The van der Waals surface area contributed by atoms with Gasteiger partial charge < -0.3 is 4.74 Å². The third-order valence-corrected chi connectivity index (χ3v) is 1.25. The highest BCUT2D eigenvalue weighted by molar-refractivity contribution is 5.70.